The molecule has 2 amide bonds. The van der Waals surface area contributed by atoms with Crippen molar-refractivity contribution in [3.63, 3.8) is 0 Å². The molecule has 120 valence electrons. The largest absolute Gasteiger partial charge is 0.352 e. The van der Waals surface area contributed by atoms with Crippen LogP contribution >= 0.6 is 11.6 Å². The van der Waals surface area contributed by atoms with E-state index >= 15 is 0 Å². The number of rotatable bonds is 5. The smallest absolute Gasteiger partial charge is 0.251 e. The average Bonchev–Trinajstić information content (AvgIpc) is 2.55. The summed E-state index contributed by atoms with van der Waals surface area (Å²) < 4.78 is 0. The van der Waals surface area contributed by atoms with E-state index in [1.165, 1.54) is 0 Å². The SMILES string of the molecule is CC[NH+]1CCN(C(=O)CCNC(=O)c2ccc(Cl)cc2)CC1. The first kappa shape index (κ1) is 16.8. The molecule has 1 aliphatic rings. The fraction of sp³-hybridized carbons (Fsp3) is 0.500. The molecule has 5 nitrogen and oxygen atoms in total. The van der Waals surface area contributed by atoms with Gasteiger partial charge in [-0.05, 0) is 31.2 Å². The van der Waals surface area contributed by atoms with Gasteiger partial charge in [-0.2, -0.15) is 0 Å². The molecule has 2 N–H and O–H groups in total. The Bertz CT molecular complexity index is 511. The van der Waals surface area contributed by atoms with Crippen LogP contribution in [-0.2, 0) is 4.79 Å². The van der Waals surface area contributed by atoms with Crippen LogP contribution < -0.4 is 10.2 Å². The first-order chi connectivity index (χ1) is 10.6. The highest BCUT2D eigenvalue weighted by Gasteiger charge is 2.22. The van der Waals surface area contributed by atoms with Crippen LogP contribution in [-0.4, -0.2) is 56.0 Å². The zero-order valence-corrected chi connectivity index (χ0v) is 13.7. The number of amides is 2. The van der Waals surface area contributed by atoms with Crippen LogP contribution in [0.3, 0.4) is 0 Å². The van der Waals surface area contributed by atoms with Gasteiger partial charge in [-0.15, -0.1) is 0 Å². The first-order valence-corrected chi connectivity index (χ1v) is 8.13. The van der Waals surface area contributed by atoms with Crippen molar-refractivity contribution in [1.29, 1.82) is 0 Å². The Balaban J connectivity index is 1.71. The van der Waals surface area contributed by atoms with E-state index in [1.807, 2.05) is 4.90 Å². The van der Waals surface area contributed by atoms with Crippen molar-refractivity contribution >= 4 is 23.4 Å². The lowest BCUT2D eigenvalue weighted by molar-refractivity contribution is -0.902. The second kappa shape index (κ2) is 8.15. The first-order valence-electron chi connectivity index (χ1n) is 7.75. The van der Waals surface area contributed by atoms with Crippen molar-refractivity contribution in [3.8, 4) is 0 Å². The van der Waals surface area contributed by atoms with Gasteiger partial charge >= 0.3 is 0 Å². The van der Waals surface area contributed by atoms with Crippen molar-refractivity contribution in [2.45, 2.75) is 13.3 Å². The predicted molar refractivity (Wildman–Crippen MR) is 86.2 cm³/mol. The van der Waals surface area contributed by atoms with E-state index in [0.717, 1.165) is 32.7 Å². The van der Waals surface area contributed by atoms with Gasteiger partial charge in [-0.1, -0.05) is 11.6 Å². The molecular formula is C16H23ClN3O2+. The van der Waals surface area contributed by atoms with Gasteiger partial charge in [0.1, 0.15) is 0 Å². The van der Waals surface area contributed by atoms with E-state index in [4.69, 9.17) is 11.6 Å². The molecule has 0 bridgehead atoms. The molecule has 0 aliphatic carbocycles. The molecule has 0 spiro atoms. The van der Waals surface area contributed by atoms with E-state index in [9.17, 15) is 9.59 Å². The molecule has 0 unspecified atom stereocenters. The Morgan fingerprint density at radius 2 is 1.86 bits per heavy atom. The number of hydrogen-bond donors (Lipinski definition) is 2. The van der Waals surface area contributed by atoms with E-state index in [0.29, 0.717) is 23.6 Å². The lowest BCUT2D eigenvalue weighted by Crippen LogP contribution is -3.14. The maximum absolute atomic E-state index is 12.1. The molecule has 1 aromatic carbocycles. The Labute approximate surface area is 136 Å². The van der Waals surface area contributed by atoms with Crippen LogP contribution in [0.15, 0.2) is 24.3 Å². The Morgan fingerprint density at radius 3 is 2.45 bits per heavy atom. The highest BCUT2D eigenvalue weighted by atomic mass is 35.5. The number of halogens is 1. The fourth-order valence-corrected chi connectivity index (χ4v) is 2.70. The third-order valence-electron chi connectivity index (χ3n) is 4.05. The lowest BCUT2D eigenvalue weighted by atomic mass is 10.2. The standard InChI is InChI=1S/C16H22ClN3O2/c1-2-19-9-11-20(12-10-19)15(21)7-8-18-16(22)13-3-5-14(17)6-4-13/h3-6H,2,7-12H2,1H3,(H,18,22)/p+1. The normalized spacial score (nSPS) is 15.6. The quantitative estimate of drug-likeness (QED) is 0.813. The Hall–Kier alpha value is -1.59. The summed E-state index contributed by atoms with van der Waals surface area (Å²) in [4.78, 5) is 27.5. The maximum Gasteiger partial charge on any atom is 0.251 e. The van der Waals surface area contributed by atoms with Crippen molar-refractivity contribution in [3.05, 3.63) is 34.9 Å². The molecule has 2 rings (SSSR count). The van der Waals surface area contributed by atoms with Crippen LogP contribution in [0.25, 0.3) is 0 Å². The summed E-state index contributed by atoms with van der Waals surface area (Å²) in [6, 6.07) is 6.70. The topological polar surface area (TPSA) is 53.9 Å². The van der Waals surface area contributed by atoms with Gasteiger partial charge in [0.05, 0.1) is 32.7 Å². The minimum absolute atomic E-state index is 0.117. The summed E-state index contributed by atoms with van der Waals surface area (Å²) in [6.07, 6.45) is 0.348. The zero-order chi connectivity index (χ0) is 15.9. The number of piperazine rings is 1. The lowest BCUT2D eigenvalue weighted by Gasteiger charge is -2.31. The fourth-order valence-electron chi connectivity index (χ4n) is 2.57. The van der Waals surface area contributed by atoms with Crippen molar-refractivity contribution in [2.75, 3.05) is 39.3 Å². The molecule has 1 saturated heterocycles. The van der Waals surface area contributed by atoms with Crippen LogP contribution in [0.4, 0.5) is 0 Å². The molecule has 1 fully saturated rings. The van der Waals surface area contributed by atoms with Gasteiger partial charge in [-0.25, -0.2) is 0 Å². The van der Waals surface area contributed by atoms with Gasteiger partial charge < -0.3 is 15.1 Å². The Kier molecular flexibility index (Phi) is 6.21. The number of likely N-dealkylation sites (N-methyl/N-ethyl adjacent to an activating group) is 1. The van der Waals surface area contributed by atoms with Crippen molar-refractivity contribution in [1.82, 2.24) is 10.2 Å². The van der Waals surface area contributed by atoms with Crippen LogP contribution in [0.2, 0.25) is 5.02 Å². The van der Waals surface area contributed by atoms with Crippen molar-refractivity contribution in [2.24, 2.45) is 0 Å². The highest BCUT2D eigenvalue weighted by Crippen LogP contribution is 2.09. The van der Waals surface area contributed by atoms with Gasteiger partial charge in [0.25, 0.3) is 5.91 Å². The number of carbonyl (C=O) groups excluding carboxylic acids is 2. The number of quaternary nitrogens is 1. The molecule has 6 heteroatoms. The summed E-state index contributed by atoms with van der Waals surface area (Å²) in [6.45, 7) is 7.29. The van der Waals surface area contributed by atoms with Crippen LogP contribution in [0.1, 0.15) is 23.7 Å². The monoisotopic (exact) mass is 324 g/mol. The zero-order valence-electron chi connectivity index (χ0n) is 12.9. The van der Waals surface area contributed by atoms with E-state index in [2.05, 4.69) is 12.2 Å². The van der Waals surface area contributed by atoms with Gasteiger partial charge in [0, 0.05) is 23.6 Å². The third-order valence-corrected chi connectivity index (χ3v) is 4.31. The van der Waals surface area contributed by atoms with E-state index < -0.39 is 0 Å². The highest BCUT2D eigenvalue weighted by molar-refractivity contribution is 6.30. The molecule has 22 heavy (non-hydrogen) atoms. The number of hydrogen-bond acceptors (Lipinski definition) is 2. The molecule has 1 aliphatic heterocycles. The van der Waals surface area contributed by atoms with Crippen molar-refractivity contribution < 1.29 is 14.5 Å². The van der Waals surface area contributed by atoms with Crippen LogP contribution in [0.5, 0.6) is 0 Å². The summed E-state index contributed by atoms with van der Waals surface area (Å²) in [5, 5.41) is 3.37. The summed E-state index contributed by atoms with van der Waals surface area (Å²) in [7, 11) is 0. The molecule has 0 aromatic heterocycles. The second-order valence-corrected chi connectivity index (χ2v) is 5.93. The molecule has 1 aromatic rings. The summed E-state index contributed by atoms with van der Waals surface area (Å²) in [5.41, 5.74) is 0.553. The number of benzene rings is 1. The predicted octanol–water partition coefficient (Wildman–Crippen LogP) is 0.207. The molecule has 0 atom stereocenters. The van der Waals surface area contributed by atoms with Gasteiger partial charge in [-0.3, -0.25) is 9.59 Å². The van der Waals surface area contributed by atoms with E-state index in [-0.39, 0.29) is 11.8 Å². The van der Waals surface area contributed by atoms with Gasteiger partial charge in [0.2, 0.25) is 5.91 Å². The minimum atomic E-state index is -0.176. The van der Waals surface area contributed by atoms with Gasteiger partial charge in [0.15, 0.2) is 0 Å². The maximum atomic E-state index is 12.1. The molecule has 0 saturated carbocycles. The second-order valence-electron chi connectivity index (χ2n) is 5.50. The summed E-state index contributed by atoms with van der Waals surface area (Å²) >= 11 is 5.79. The minimum Gasteiger partial charge on any atom is -0.352 e. The van der Waals surface area contributed by atoms with E-state index in [1.54, 1.807) is 29.2 Å². The van der Waals surface area contributed by atoms with Crippen LogP contribution in [0, 0.1) is 0 Å². The third kappa shape index (κ3) is 4.71. The average molecular weight is 325 g/mol. The molecule has 1 heterocycles. The Morgan fingerprint density at radius 1 is 1.23 bits per heavy atom. The molecule has 0 radical (unpaired) electrons. The molecular weight excluding hydrogens is 302 g/mol. The number of nitrogens with one attached hydrogen (secondary N) is 2. The number of carbonyl (C=O) groups is 2. The summed E-state index contributed by atoms with van der Waals surface area (Å²) in [5.74, 6) is -0.0590. The number of nitrogens with zero attached hydrogens (tertiary/aromatic N) is 1.